The second kappa shape index (κ2) is 10.2. The van der Waals surface area contributed by atoms with Gasteiger partial charge in [0.05, 0.1) is 23.3 Å². The highest BCUT2D eigenvalue weighted by atomic mass is 16.6. The molecule has 5 rings (SSSR count). The van der Waals surface area contributed by atoms with Crippen LogP contribution in [0.1, 0.15) is 57.8 Å². The number of aryl methyl sites for hydroxylation is 2. The third-order valence-corrected chi connectivity index (χ3v) is 7.08. The Labute approximate surface area is 223 Å². The van der Waals surface area contributed by atoms with Crippen molar-refractivity contribution in [3.05, 3.63) is 54.1 Å². The largest absolute Gasteiger partial charge is 0.444 e. The third-order valence-electron chi connectivity index (χ3n) is 7.08. The van der Waals surface area contributed by atoms with E-state index in [1.54, 1.807) is 4.90 Å². The summed E-state index contributed by atoms with van der Waals surface area (Å²) in [7, 11) is 0. The van der Waals surface area contributed by atoms with Gasteiger partial charge in [0, 0.05) is 41.6 Å². The topological polar surface area (TPSA) is 81.4 Å². The van der Waals surface area contributed by atoms with E-state index < -0.39 is 6.09 Å². The van der Waals surface area contributed by atoms with Gasteiger partial charge in [-0.25, -0.2) is 9.78 Å². The molecule has 0 saturated carbocycles. The zero-order chi connectivity index (χ0) is 27.0. The van der Waals surface area contributed by atoms with Crippen LogP contribution in [0.2, 0.25) is 0 Å². The summed E-state index contributed by atoms with van der Waals surface area (Å²) in [5, 5.41) is 4.02. The van der Waals surface area contributed by atoms with E-state index in [1.165, 1.54) is 10.9 Å². The van der Waals surface area contributed by atoms with Crippen LogP contribution < -0.4 is 5.32 Å². The van der Waals surface area contributed by atoms with Crippen molar-refractivity contribution < 1.29 is 14.3 Å². The average Bonchev–Trinajstić information content (AvgIpc) is 3.44. The molecule has 4 aromatic rings. The number of benzene rings is 2. The monoisotopic (exact) mass is 515 g/mol. The second-order valence-corrected chi connectivity index (χ2v) is 11.0. The van der Waals surface area contributed by atoms with Gasteiger partial charge < -0.3 is 24.1 Å². The minimum atomic E-state index is -0.444. The summed E-state index contributed by atoms with van der Waals surface area (Å²) in [5.74, 6) is 0.841. The number of hydrogen-bond donors (Lipinski definition) is 1. The SMILES string of the molecule is CCn1c(-c2nc3cc(C(=O)N4CCC[C@@H](OC(=O)NC(C)(C)C)C4)ccc3n2CC)cc2ccccc21. The normalized spacial score (nSPS) is 16.2. The van der Waals surface area contributed by atoms with Crippen LogP contribution in [-0.4, -0.2) is 55.8 Å². The van der Waals surface area contributed by atoms with Gasteiger partial charge in [0.2, 0.25) is 0 Å². The lowest BCUT2D eigenvalue weighted by Gasteiger charge is -2.33. The smallest absolute Gasteiger partial charge is 0.407 e. The van der Waals surface area contributed by atoms with Gasteiger partial charge in [-0.15, -0.1) is 0 Å². The Kier molecular flexibility index (Phi) is 6.90. The molecule has 0 aliphatic carbocycles. The van der Waals surface area contributed by atoms with Crippen molar-refractivity contribution in [1.82, 2.24) is 24.3 Å². The van der Waals surface area contributed by atoms with E-state index in [0.717, 1.165) is 48.5 Å². The van der Waals surface area contributed by atoms with Gasteiger partial charge in [0.15, 0.2) is 5.82 Å². The van der Waals surface area contributed by atoms with Crippen molar-refractivity contribution in [2.24, 2.45) is 0 Å². The molecule has 2 aromatic carbocycles. The number of carbonyl (C=O) groups is 2. The van der Waals surface area contributed by atoms with Crippen LogP contribution >= 0.6 is 0 Å². The number of nitrogens with zero attached hydrogens (tertiary/aromatic N) is 4. The van der Waals surface area contributed by atoms with Gasteiger partial charge in [-0.1, -0.05) is 18.2 Å². The maximum Gasteiger partial charge on any atom is 0.407 e. The Hall–Kier alpha value is -3.81. The van der Waals surface area contributed by atoms with E-state index in [2.05, 4.69) is 58.6 Å². The van der Waals surface area contributed by atoms with Gasteiger partial charge in [-0.2, -0.15) is 0 Å². The highest BCUT2D eigenvalue weighted by Gasteiger charge is 2.28. The Balaban J connectivity index is 1.41. The Morgan fingerprint density at radius 3 is 2.53 bits per heavy atom. The van der Waals surface area contributed by atoms with Crippen LogP contribution in [0.3, 0.4) is 0 Å². The summed E-state index contributed by atoms with van der Waals surface area (Å²) >= 11 is 0. The molecule has 8 nitrogen and oxygen atoms in total. The van der Waals surface area contributed by atoms with Crippen LogP contribution in [0.25, 0.3) is 33.5 Å². The standard InChI is InChI=1S/C30H37N5O3/c1-6-34-24-13-9-8-11-20(24)18-26(34)27-31-23-17-21(14-15-25(23)35(27)7-2)28(36)33-16-10-12-22(19-33)38-29(37)32-30(3,4)5/h8-9,11,13-15,17-18,22H,6-7,10,12,16,19H2,1-5H3,(H,32,37)/t22-/m1/s1. The molecular formula is C30H37N5O3. The molecular weight excluding hydrogens is 478 g/mol. The molecule has 1 N–H and O–H groups in total. The summed E-state index contributed by atoms with van der Waals surface area (Å²) in [5.41, 5.74) is 4.29. The number of aromatic nitrogens is 3. The third kappa shape index (κ3) is 4.99. The number of carbonyl (C=O) groups excluding carboxylic acids is 2. The quantitative estimate of drug-likeness (QED) is 0.363. The Bertz CT molecular complexity index is 1490. The molecule has 38 heavy (non-hydrogen) atoms. The van der Waals surface area contributed by atoms with Gasteiger partial charge in [0.25, 0.3) is 5.91 Å². The van der Waals surface area contributed by atoms with Crippen molar-refractivity contribution in [3.63, 3.8) is 0 Å². The van der Waals surface area contributed by atoms with Crippen molar-refractivity contribution in [2.75, 3.05) is 13.1 Å². The summed E-state index contributed by atoms with van der Waals surface area (Å²) in [4.78, 5) is 32.5. The van der Waals surface area contributed by atoms with Gasteiger partial charge in [-0.3, -0.25) is 4.79 Å². The van der Waals surface area contributed by atoms with Gasteiger partial charge >= 0.3 is 6.09 Å². The molecule has 1 aliphatic rings. The number of imidazole rings is 1. The molecule has 3 heterocycles. The summed E-state index contributed by atoms with van der Waals surface area (Å²) < 4.78 is 10.1. The van der Waals surface area contributed by atoms with E-state index >= 15 is 0 Å². The molecule has 1 aliphatic heterocycles. The first kappa shape index (κ1) is 25.8. The number of fused-ring (bicyclic) bond motifs is 2. The molecule has 0 bridgehead atoms. The molecule has 2 amide bonds. The van der Waals surface area contributed by atoms with E-state index in [9.17, 15) is 9.59 Å². The highest BCUT2D eigenvalue weighted by Crippen LogP contribution is 2.31. The zero-order valence-electron chi connectivity index (χ0n) is 23.0. The Morgan fingerprint density at radius 1 is 1.03 bits per heavy atom. The lowest BCUT2D eigenvalue weighted by atomic mass is 10.1. The number of ether oxygens (including phenoxy) is 1. The van der Waals surface area contributed by atoms with Crippen LogP contribution in [0.15, 0.2) is 48.5 Å². The maximum absolute atomic E-state index is 13.5. The molecule has 1 atom stereocenters. The lowest BCUT2D eigenvalue weighted by molar-refractivity contribution is 0.0323. The highest BCUT2D eigenvalue weighted by molar-refractivity contribution is 5.98. The predicted octanol–water partition coefficient (Wildman–Crippen LogP) is 5.83. The number of amides is 2. The second-order valence-electron chi connectivity index (χ2n) is 11.0. The number of piperidine rings is 1. The molecule has 8 heteroatoms. The minimum Gasteiger partial charge on any atom is -0.444 e. The van der Waals surface area contributed by atoms with Gasteiger partial charge in [0.1, 0.15) is 6.10 Å². The van der Waals surface area contributed by atoms with Crippen LogP contribution in [0.4, 0.5) is 4.79 Å². The fraction of sp³-hybridized carbons (Fsp3) is 0.433. The number of hydrogen-bond acceptors (Lipinski definition) is 4. The van der Waals surface area contributed by atoms with Crippen molar-refractivity contribution in [3.8, 4) is 11.5 Å². The van der Waals surface area contributed by atoms with Crippen LogP contribution in [0, 0.1) is 0 Å². The van der Waals surface area contributed by atoms with Crippen molar-refractivity contribution in [2.45, 2.75) is 72.2 Å². The number of likely N-dealkylation sites (tertiary alicyclic amines) is 1. The molecule has 200 valence electrons. The fourth-order valence-corrected chi connectivity index (χ4v) is 5.40. The molecule has 0 radical (unpaired) electrons. The van der Waals surface area contributed by atoms with Crippen LogP contribution in [0.5, 0.6) is 0 Å². The van der Waals surface area contributed by atoms with E-state index in [1.807, 2.05) is 39.0 Å². The molecule has 2 aromatic heterocycles. The number of alkyl carbamates (subject to hydrolysis) is 1. The number of rotatable bonds is 5. The minimum absolute atomic E-state index is 0.0632. The fourth-order valence-electron chi connectivity index (χ4n) is 5.40. The van der Waals surface area contributed by atoms with E-state index in [0.29, 0.717) is 18.7 Å². The molecule has 1 fully saturated rings. The maximum atomic E-state index is 13.5. The average molecular weight is 516 g/mol. The number of nitrogens with one attached hydrogen (secondary N) is 1. The van der Waals surface area contributed by atoms with Crippen molar-refractivity contribution >= 4 is 33.9 Å². The first-order valence-corrected chi connectivity index (χ1v) is 13.6. The number of para-hydroxylation sites is 1. The summed E-state index contributed by atoms with van der Waals surface area (Å²) in [6, 6.07) is 16.4. The first-order valence-electron chi connectivity index (χ1n) is 13.6. The lowest BCUT2D eigenvalue weighted by Crippen LogP contribution is -2.47. The predicted molar refractivity (Wildman–Crippen MR) is 150 cm³/mol. The van der Waals surface area contributed by atoms with E-state index in [-0.39, 0.29) is 17.6 Å². The van der Waals surface area contributed by atoms with E-state index in [4.69, 9.17) is 9.72 Å². The first-order chi connectivity index (χ1) is 18.2. The zero-order valence-corrected chi connectivity index (χ0v) is 23.0. The van der Waals surface area contributed by atoms with Crippen molar-refractivity contribution in [1.29, 1.82) is 0 Å². The Morgan fingerprint density at radius 2 is 1.79 bits per heavy atom. The molecule has 0 unspecified atom stereocenters. The van der Waals surface area contributed by atoms with Gasteiger partial charge in [-0.05, 0) is 77.8 Å². The molecule has 0 spiro atoms. The summed E-state index contributed by atoms with van der Waals surface area (Å²) in [6.07, 6.45) is 0.772. The van der Waals surface area contributed by atoms with Crippen LogP contribution in [-0.2, 0) is 17.8 Å². The summed E-state index contributed by atoms with van der Waals surface area (Å²) in [6.45, 7) is 12.6. The molecule has 1 saturated heterocycles.